The molecular weight excluding hydrogens is 282 g/mol. The summed E-state index contributed by atoms with van der Waals surface area (Å²) in [6.45, 7) is 0. The van der Waals surface area contributed by atoms with E-state index in [1.165, 1.54) is 23.0 Å². The Hall–Kier alpha value is -2.83. The summed E-state index contributed by atoms with van der Waals surface area (Å²) in [5.41, 5.74) is -1.16. The maximum atomic E-state index is 13.8. The number of hydrogen-bond acceptors (Lipinski definition) is 3. The molecule has 3 aromatic rings. The van der Waals surface area contributed by atoms with Crippen molar-refractivity contribution in [2.75, 3.05) is 0 Å². The molecule has 0 bridgehead atoms. The molecule has 0 aliphatic carbocycles. The van der Waals surface area contributed by atoms with Crippen molar-refractivity contribution >= 4 is 27.8 Å². The number of carboxylic acids is 1. The quantitative estimate of drug-likeness (QED) is 0.696. The van der Waals surface area contributed by atoms with Crippen LogP contribution in [0.4, 0.5) is 8.78 Å². The van der Waals surface area contributed by atoms with E-state index in [0.29, 0.717) is 5.52 Å². The second-order valence-corrected chi connectivity index (χ2v) is 4.56. The lowest BCUT2D eigenvalue weighted by atomic mass is 10.1. The molecule has 0 saturated carbocycles. The van der Waals surface area contributed by atoms with Crippen LogP contribution in [0.15, 0.2) is 29.3 Å². The second kappa shape index (κ2) is 4.34. The van der Waals surface area contributed by atoms with Crippen molar-refractivity contribution < 1.29 is 18.7 Å². The van der Waals surface area contributed by atoms with Crippen LogP contribution in [0.25, 0.3) is 21.8 Å². The summed E-state index contributed by atoms with van der Waals surface area (Å²) in [6, 6.07) is 2.10. The predicted octanol–water partition coefficient (Wildman–Crippen LogP) is 2.06. The van der Waals surface area contributed by atoms with Gasteiger partial charge in [-0.3, -0.25) is 9.78 Å². The first-order valence-corrected chi connectivity index (χ1v) is 5.91. The number of hydrogen-bond donors (Lipinski definition) is 1. The van der Waals surface area contributed by atoms with E-state index in [-0.39, 0.29) is 16.3 Å². The predicted molar refractivity (Wildman–Crippen MR) is 71.4 cm³/mol. The Morgan fingerprint density at radius 3 is 2.71 bits per heavy atom. The number of fused-ring (bicyclic) bond motifs is 3. The Kier molecular flexibility index (Phi) is 2.72. The van der Waals surface area contributed by atoms with Crippen LogP contribution < -0.4 is 5.43 Å². The number of carbonyl (C=O) groups is 1. The van der Waals surface area contributed by atoms with Crippen LogP contribution in [0.5, 0.6) is 0 Å². The molecule has 2 heterocycles. The monoisotopic (exact) mass is 290 g/mol. The number of halogens is 2. The van der Waals surface area contributed by atoms with Gasteiger partial charge in [-0.25, -0.2) is 13.6 Å². The zero-order chi connectivity index (χ0) is 15.3. The SMILES string of the molecule is Cn1cc(C(=O)O)c(=O)c2c3ccc(F)c(F)c3ncc21. The largest absolute Gasteiger partial charge is 0.477 e. The number of aromatic carboxylic acids is 1. The lowest BCUT2D eigenvalue weighted by Crippen LogP contribution is -2.18. The van der Waals surface area contributed by atoms with Gasteiger partial charge in [0.25, 0.3) is 0 Å². The summed E-state index contributed by atoms with van der Waals surface area (Å²) in [5.74, 6) is -3.64. The Bertz CT molecular complexity index is 980. The number of carboxylic acid groups (broad SMARTS) is 1. The normalized spacial score (nSPS) is 11.2. The van der Waals surface area contributed by atoms with E-state index in [1.807, 2.05) is 0 Å². The fraction of sp³-hybridized carbons (Fsp3) is 0.0714. The van der Waals surface area contributed by atoms with Gasteiger partial charge in [0.2, 0.25) is 5.43 Å². The minimum absolute atomic E-state index is 0.00120. The molecule has 0 amide bonds. The summed E-state index contributed by atoms with van der Waals surface area (Å²) in [5, 5.41) is 9.14. The summed E-state index contributed by atoms with van der Waals surface area (Å²) in [6.07, 6.45) is 2.38. The maximum absolute atomic E-state index is 13.8. The Morgan fingerprint density at radius 1 is 1.33 bits per heavy atom. The highest BCUT2D eigenvalue weighted by molar-refractivity contribution is 6.06. The molecule has 0 spiro atoms. The van der Waals surface area contributed by atoms with E-state index in [1.54, 1.807) is 7.05 Å². The van der Waals surface area contributed by atoms with E-state index in [0.717, 1.165) is 6.07 Å². The van der Waals surface area contributed by atoms with Gasteiger partial charge in [-0.1, -0.05) is 0 Å². The smallest absolute Gasteiger partial charge is 0.341 e. The molecular formula is C14H8F2N2O3. The highest BCUT2D eigenvalue weighted by Crippen LogP contribution is 2.24. The molecule has 0 radical (unpaired) electrons. The van der Waals surface area contributed by atoms with Crippen molar-refractivity contribution in [2.24, 2.45) is 7.05 Å². The zero-order valence-corrected chi connectivity index (χ0v) is 10.7. The number of nitrogens with zero attached hydrogens (tertiary/aromatic N) is 2. The fourth-order valence-electron chi connectivity index (χ4n) is 2.31. The summed E-state index contributed by atoms with van der Waals surface area (Å²) in [4.78, 5) is 27.2. The zero-order valence-electron chi connectivity index (χ0n) is 10.7. The van der Waals surface area contributed by atoms with Crippen LogP contribution in [0.2, 0.25) is 0 Å². The van der Waals surface area contributed by atoms with Crippen molar-refractivity contribution in [3.05, 3.63) is 51.9 Å². The minimum Gasteiger partial charge on any atom is -0.477 e. The van der Waals surface area contributed by atoms with E-state index in [2.05, 4.69) is 4.98 Å². The number of pyridine rings is 2. The topological polar surface area (TPSA) is 72.2 Å². The van der Waals surface area contributed by atoms with Crippen LogP contribution in [-0.4, -0.2) is 20.6 Å². The average Bonchev–Trinajstić information content (AvgIpc) is 2.45. The molecule has 2 aromatic heterocycles. The van der Waals surface area contributed by atoms with Gasteiger partial charge in [-0.2, -0.15) is 0 Å². The third kappa shape index (κ3) is 1.78. The fourth-order valence-corrected chi connectivity index (χ4v) is 2.31. The van der Waals surface area contributed by atoms with Crippen LogP contribution >= 0.6 is 0 Å². The molecule has 7 heteroatoms. The van der Waals surface area contributed by atoms with E-state index in [9.17, 15) is 18.4 Å². The van der Waals surface area contributed by atoms with Crippen molar-refractivity contribution in [1.82, 2.24) is 9.55 Å². The van der Waals surface area contributed by atoms with Gasteiger partial charge in [0.1, 0.15) is 11.1 Å². The molecule has 0 aliphatic heterocycles. The molecule has 3 rings (SSSR count). The number of aryl methyl sites for hydroxylation is 1. The third-order valence-electron chi connectivity index (χ3n) is 3.32. The number of aromatic nitrogens is 2. The third-order valence-corrected chi connectivity index (χ3v) is 3.32. The van der Waals surface area contributed by atoms with Crippen LogP contribution in [0.1, 0.15) is 10.4 Å². The summed E-state index contributed by atoms with van der Waals surface area (Å²) < 4.78 is 28.4. The number of benzene rings is 1. The van der Waals surface area contributed by atoms with Crippen molar-refractivity contribution in [1.29, 1.82) is 0 Å². The van der Waals surface area contributed by atoms with Gasteiger partial charge in [0.15, 0.2) is 11.6 Å². The van der Waals surface area contributed by atoms with Crippen LogP contribution in [0.3, 0.4) is 0 Å². The van der Waals surface area contributed by atoms with Gasteiger partial charge in [0.05, 0.1) is 17.1 Å². The highest BCUT2D eigenvalue weighted by atomic mass is 19.2. The molecule has 1 N–H and O–H groups in total. The molecule has 0 unspecified atom stereocenters. The average molecular weight is 290 g/mol. The van der Waals surface area contributed by atoms with Gasteiger partial charge in [0, 0.05) is 18.6 Å². The Morgan fingerprint density at radius 2 is 2.05 bits per heavy atom. The van der Waals surface area contributed by atoms with Crippen molar-refractivity contribution in [3.8, 4) is 0 Å². The lowest BCUT2D eigenvalue weighted by molar-refractivity contribution is 0.0695. The molecule has 0 aliphatic rings. The minimum atomic E-state index is -1.38. The second-order valence-electron chi connectivity index (χ2n) is 4.56. The molecule has 0 fully saturated rings. The van der Waals surface area contributed by atoms with Crippen molar-refractivity contribution in [3.63, 3.8) is 0 Å². The van der Waals surface area contributed by atoms with Gasteiger partial charge < -0.3 is 9.67 Å². The van der Waals surface area contributed by atoms with E-state index < -0.39 is 28.6 Å². The van der Waals surface area contributed by atoms with Crippen molar-refractivity contribution in [2.45, 2.75) is 0 Å². The number of rotatable bonds is 1. The van der Waals surface area contributed by atoms with Crippen LogP contribution in [0, 0.1) is 11.6 Å². The van der Waals surface area contributed by atoms with Gasteiger partial charge in [-0.15, -0.1) is 0 Å². The highest BCUT2D eigenvalue weighted by Gasteiger charge is 2.18. The van der Waals surface area contributed by atoms with E-state index in [4.69, 9.17) is 5.11 Å². The Balaban J connectivity index is 2.64. The van der Waals surface area contributed by atoms with Gasteiger partial charge >= 0.3 is 5.97 Å². The molecule has 0 saturated heterocycles. The Labute approximate surface area is 116 Å². The summed E-state index contributed by atoms with van der Waals surface area (Å²) >= 11 is 0. The standard InChI is InChI=1S/C14H8F2N2O3/c1-18-5-7(14(20)21)13(19)10-6-2-3-8(15)11(16)12(6)17-4-9(10)18/h2-5H,1H3,(H,20,21). The maximum Gasteiger partial charge on any atom is 0.341 e. The van der Waals surface area contributed by atoms with Gasteiger partial charge in [-0.05, 0) is 12.1 Å². The molecule has 1 aromatic carbocycles. The first kappa shape index (κ1) is 13.2. The molecule has 0 atom stereocenters. The summed E-state index contributed by atoms with van der Waals surface area (Å²) in [7, 11) is 1.54. The van der Waals surface area contributed by atoms with Crippen LogP contribution in [-0.2, 0) is 7.05 Å². The molecule has 21 heavy (non-hydrogen) atoms. The molecule has 106 valence electrons. The first-order valence-electron chi connectivity index (χ1n) is 5.91. The molecule has 5 nitrogen and oxygen atoms in total. The van der Waals surface area contributed by atoms with E-state index >= 15 is 0 Å². The first-order chi connectivity index (χ1) is 9.91. The lowest BCUT2D eigenvalue weighted by Gasteiger charge is -2.09.